The van der Waals surface area contributed by atoms with Crippen LogP contribution in [0, 0.1) is 10.1 Å². The lowest BCUT2D eigenvalue weighted by Gasteiger charge is -2.34. The highest BCUT2D eigenvalue weighted by molar-refractivity contribution is 7.92. The van der Waals surface area contributed by atoms with E-state index in [0.717, 1.165) is 27.8 Å². The van der Waals surface area contributed by atoms with Crippen LogP contribution in [0.2, 0.25) is 0 Å². The first kappa shape index (κ1) is 29.3. The third-order valence-corrected chi connectivity index (χ3v) is 7.05. The molecule has 3 aromatic carbocycles. The maximum atomic E-state index is 13.9. The Kier molecular flexibility index (Phi) is 9.78. The van der Waals surface area contributed by atoms with E-state index in [4.69, 9.17) is 0 Å². The quantitative estimate of drug-likeness (QED) is 0.270. The number of anilines is 1. The number of nitro benzene ring substituents is 1. The third kappa shape index (κ3) is 8.37. The number of rotatable bonds is 12. The van der Waals surface area contributed by atoms with Gasteiger partial charge in [0.05, 0.1) is 16.9 Å². The lowest BCUT2D eigenvalue weighted by molar-refractivity contribution is -0.384. The van der Waals surface area contributed by atoms with Gasteiger partial charge in [-0.15, -0.1) is 0 Å². The number of nitrogens with zero attached hydrogens (tertiary/aromatic N) is 3. The molecule has 0 spiro atoms. The van der Waals surface area contributed by atoms with E-state index in [2.05, 4.69) is 5.32 Å². The molecule has 0 aliphatic rings. The lowest BCUT2D eigenvalue weighted by Crippen LogP contribution is -2.54. The third-order valence-electron chi connectivity index (χ3n) is 5.91. The molecule has 1 N–H and O–H groups in total. The van der Waals surface area contributed by atoms with E-state index in [-0.39, 0.29) is 36.3 Å². The summed E-state index contributed by atoms with van der Waals surface area (Å²) in [5, 5.41) is 14.2. The fourth-order valence-corrected chi connectivity index (χ4v) is 4.93. The second-order valence-corrected chi connectivity index (χ2v) is 11.3. The van der Waals surface area contributed by atoms with Crippen molar-refractivity contribution >= 4 is 33.2 Å². The van der Waals surface area contributed by atoms with Gasteiger partial charge in [0.15, 0.2) is 0 Å². The molecule has 0 saturated carbocycles. The highest BCUT2D eigenvalue weighted by Gasteiger charge is 2.33. The molecule has 0 unspecified atom stereocenters. The SMILES string of the molecule is CC(C)NC(=O)[C@@H](Cc1ccccc1)N(Cc1ccccc1)C(=O)CN(c1cccc([N+](=O)[O-])c1)S(C)(=O)=O. The largest absolute Gasteiger partial charge is 0.352 e. The summed E-state index contributed by atoms with van der Waals surface area (Å²) in [5.74, 6) is -1.00. The highest BCUT2D eigenvalue weighted by Crippen LogP contribution is 2.24. The van der Waals surface area contributed by atoms with Crippen LogP contribution in [0.15, 0.2) is 84.9 Å². The normalized spacial score (nSPS) is 12.0. The predicted octanol–water partition coefficient (Wildman–Crippen LogP) is 3.53. The average molecular weight is 553 g/mol. The summed E-state index contributed by atoms with van der Waals surface area (Å²) >= 11 is 0. The fourth-order valence-electron chi connectivity index (χ4n) is 4.09. The van der Waals surface area contributed by atoms with Crippen LogP contribution in [-0.2, 0) is 32.6 Å². The zero-order chi connectivity index (χ0) is 28.6. The number of nitro groups is 1. The number of carbonyl (C=O) groups excluding carboxylic acids is 2. The molecule has 0 aromatic heterocycles. The van der Waals surface area contributed by atoms with Gasteiger partial charge in [0.25, 0.3) is 5.69 Å². The topological polar surface area (TPSA) is 130 Å². The molecule has 0 aliphatic heterocycles. The van der Waals surface area contributed by atoms with Gasteiger partial charge in [-0.3, -0.25) is 24.0 Å². The van der Waals surface area contributed by atoms with Crippen LogP contribution in [-0.4, -0.2) is 54.9 Å². The Labute approximate surface area is 228 Å². The van der Waals surface area contributed by atoms with Gasteiger partial charge < -0.3 is 10.2 Å². The molecule has 3 rings (SSSR count). The Bertz CT molecular complexity index is 1400. The van der Waals surface area contributed by atoms with Crippen LogP contribution < -0.4 is 9.62 Å². The number of hydrogen-bond acceptors (Lipinski definition) is 6. The standard InChI is InChI=1S/C28H32N4O6S/c1-21(2)29-28(34)26(17-22-11-6-4-7-12-22)30(19-23-13-8-5-9-14-23)27(33)20-31(39(3,37)38)24-15-10-16-25(18-24)32(35)36/h4-16,18,21,26H,17,19-20H2,1-3H3,(H,29,34)/t26-/m1/s1. The van der Waals surface area contributed by atoms with Crippen molar-refractivity contribution in [3.63, 3.8) is 0 Å². The Morgan fingerprint density at radius 1 is 0.923 bits per heavy atom. The summed E-state index contributed by atoms with van der Waals surface area (Å²) in [7, 11) is -4.02. The fraction of sp³-hybridized carbons (Fsp3) is 0.286. The van der Waals surface area contributed by atoms with Crippen LogP contribution in [0.25, 0.3) is 0 Å². The van der Waals surface area contributed by atoms with Crippen molar-refractivity contribution in [2.75, 3.05) is 17.1 Å². The first-order valence-corrected chi connectivity index (χ1v) is 14.2. The number of carbonyl (C=O) groups is 2. The first-order chi connectivity index (χ1) is 18.5. The number of sulfonamides is 1. The lowest BCUT2D eigenvalue weighted by atomic mass is 10.0. The van der Waals surface area contributed by atoms with E-state index < -0.39 is 33.4 Å². The van der Waals surface area contributed by atoms with Gasteiger partial charge >= 0.3 is 0 Å². The van der Waals surface area contributed by atoms with Gasteiger partial charge in [-0.1, -0.05) is 66.7 Å². The predicted molar refractivity (Wildman–Crippen MR) is 149 cm³/mol. The van der Waals surface area contributed by atoms with Crippen molar-refractivity contribution in [3.05, 3.63) is 106 Å². The van der Waals surface area contributed by atoms with Gasteiger partial charge in [-0.25, -0.2) is 8.42 Å². The Morgan fingerprint density at radius 2 is 1.51 bits per heavy atom. The van der Waals surface area contributed by atoms with Crippen LogP contribution in [0.3, 0.4) is 0 Å². The maximum Gasteiger partial charge on any atom is 0.271 e. The van der Waals surface area contributed by atoms with Gasteiger partial charge in [0.1, 0.15) is 12.6 Å². The molecular formula is C28H32N4O6S. The molecule has 2 amide bonds. The minimum atomic E-state index is -4.02. The molecule has 0 bridgehead atoms. The molecule has 0 fully saturated rings. The Hall–Kier alpha value is -4.25. The molecule has 0 heterocycles. The van der Waals surface area contributed by atoms with Crippen molar-refractivity contribution in [3.8, 4) is 0 Å². The minimum absolute atomic E-state index is 0.0223. The van der Waals surface area contributed by atoms with E-state index in [1.165, 1.54) is 23.1 Å². The molecule has 0 aliphatic carbocycles. The summed E-state index contributed by atoms with van der Waals surface area (Å²) in [6.45, 7) is 3.03. The van der Waals surface area contributed by atoms with Crippen LogP contribution in [0.5, 0.6) is 0 Å². The molecule has 3 aromatic rings. The molecule has 11 heteroatoms. The summed E-state index contributed by atoms with van der Waals surface area (Å²) in [6.07, 6.45) is 1.13. The average Bonchev–Trinajstić information content (AvgIpc) is 2.89. The molecular weight excluding hydrogens is 520 g/mol. The van der Waals surface area contributed by atoms with Crippen molar-refractivity contribution < 1.29 is 22.9 Å². The van der Waals surface area contributed by atoms with Crippen molar-refractivity contribution in [2.24, 2.45) is 0 Å². The van der Waals surface area contributed by atoms with Crippen LogP contribution >= 0.6 is 0 Å². The van der Waals surface area contributed by atoms with E-state index in [1.54, 1.807) is 0 Å². The summed E-state index contributed by atoms with van der Waals surface area (Å²) < 4.78 is 26.4. The molecule has 206 valence electrons. The number of non-ortho nitro benzene ring substituents is 1. The summed E-state index contributed by atoms with van der Waals surface area (Å²) in [5.41, 5.74) is 1.24. The van der Waals surface area contributed by atoms with Gasteiger partial charge in [0, 0.05) is 31.1 Å². The van der Waals surface area contributed by atoms with Crippen molar-refractivity contribution in [2.45, 2.75) is 38.9 Å². The first-order valence-electron chi connectivity index (χ1n) is 12.4. The second-order valence-electron chi connectivity index (χ2n) is 9.42. The second kappa shape index (κ2) is 13.0. The van der Waals surface area contributed by atoms with E-state index >= 15 is 0 Å². The number of amides is 2. The molecule has 10 nitrogen and oxygen atoms in total. The summed E-state index contributed by atoms with van der Waals surface area (Å²) in [6, 6.07) is 22.2. The van der Waals surface area contributed by atoms with Crippen LogP contribution in [0.4, 0.5) is 11.4 Å². The minimum Gasteiger partial charge on any atom is -0.352 e. The van der Waals surface area contributed by atoms with Gasteiger partial charge in [-0.2, -0.15) is 0 Å². The summed E-state index contributed by atoms with van der Waals surface area (Å²) in [4.78, 5) is 39.4. The zero-order valence-electron chi connectivity index (χ0n) is 22.1. The number of hydrogen-bond donors (Lipinski definition) is 1. The van der Waals surface area contributed by atoms with Crippen molar-refractivity contribution in [1.29, 1.82) is 0 Å². The van der Waals surface area contributed by atoms with Crippen LogP contribution in [0.1, 0.15) is 25.0 Å². The van der Waals surface area contributed by atoms with Gasteiger partial charge in [0.2, 0.25) is 21.8 Å². The number of nitrogens with one attached hydrogen (secondary N) is 1. The maximum absolute atomic E-state index is 13.9. The number of benzene rings is 3. The van der Waals surface area contributed by atoms with Crippen molar-refractivity contribution in [1.82, 2.24) is 10.2 Å². The van der Waals surface area contributed by atoms with E-state index in [9.17, 15) is 28.1 Å². The highest BCUT2D eigenvalue weighted by atomic mass is 32.2. The molecule has 0 saturated heterocycles. The molecule has 0 radical (unpaired) electrons. The Balaban J connectivity index is 2.05. The molecule has 1 atom stereocenters. The zero-order valence-corrected chi connectivity index (χ0v) is 22.9. The van der Waals surface area contributed by atoms with E-state index in [1.807, 2.05) is 74.5 Å². The monoisotopic (exact) mass is 552 g/mol. The van der Waals surface area contributed by atoms with Gasteiger partial charge in [-0.05, 0) is 31.0 Å². The smallest absolute Gasteiger partial charge is 0.271 e. The van der Waals surface area contributed by atoms with E-state index in [0.29, 0.717) is 0 Å². The molecule has 39 heavy (non-hydrogen) atoms. The Morgan fingerprint density at radius 3 is 2.05 bits per heavy atom.